The molecule has 1 aromatic heterocycles. The number of nitrogens with one attached hydrogen (secondary N) is 2. The lowest BCUT2D eigenvalue weighted by atomic mass is 10.2. The highest BCUT2D eigenvalue weighted by atomic mass is 32.1. The second kappa shape index (κ2) is 5.49. The first-order chi connectivity index (χ1) is 7.36. The monoisotopic (exact) mass is 226 g/mol. The standard InChI is InChI=1S/C11H18N2OS/c1-9-3-7-15-11(9)13-4-2-10-8-12-5-6-14-10/h3,7,10,12-13H,2,4-6,8H2,1H3. The molecule has 0 bridgehead atoms. The van der Waals surface area contributed by atoms with E-state index in [0.717, 1.165) is 32.7 Å². The molecule has 0 aromatic carbocycles. The lowest BCUT2D eigenvalue weighted by Crippen LogP contribution is -2.39. The highest BCUT2D eigenvalue weighted by Crippen LogP contribution is 2.21. The molecular weight excluding hydrogens is 208 g/mol. The molecule has 3 nitrogen and oxygen atoms in total. The molecule has 0 spiro atoms. The first-order valence-electron chi connectivity index (χ1n) is 5.46. The van der Waals surface area contributed by atoms with Gasteiger partial charge in [0, 0.05) is 19.6 Å². The van der Waals surface area contributed by atoms with E-state index in [9.17, 15) is 0 Å². The van der Waals surface area contributed by atoms with Crippen LogP contribution < -0.4 is 10.6 Å². The smallest absolute Gasteiger partial charge is 0.0912 e. The van der Waals surface area contributed by atoms with Crippen molar-refractivity contribution in [2.75, 3.05) is 31.6 Å². The van der Waals surface area contributed by atoms with Gasteiger partial charge in [-0.05, 0) is 30.4 Å². The summed E-state index contributed by atoms with van der Waals surface area (Å²) in [7, 11) is 0. The predicted octanol–water partition coefficient (Wildman–Crippen LogP) is 1.85. The highest BCUT2D eigenvalue weighted by molar-refractivity contribution is 7.14. The summed E-state index contributed by atoms with van der Waals surface area (Å²) in [5.74, 6) is 0. The lowest BCUT2D eigenvalue weighted by Gasteiger charge is -2.23. The number of ether oxygens (including phenoxy) is 1. The largest absolute Gasteiger partial charge is 0.377 e. The number of hydrogen-bond donors (Lipinski definition) is 2. The van der Waals surface area contributed by atoms with Gasteiger partial charge in [0.2, 0.25) is 0 Å². The Kier molecular flexibility index (Phi) is 4.00. The fraction of sp³-hybridized carbons (Fsp3) is 0.636. The third-order valence-electron chi connectivity index (χ3n) is 2.62. The summed E-state index contributed by atoms with van der Waals surface area (Å²) in [6.45, 7) is 5.97. The second-order valence-electron chi connectivity index (χ2n) is 3.85. The van der Waals surface area contributed by atoms with Gasteiger partial charge in [-0.25, -0.2) is 0 Å². The molecule has 0 radical (unpaired) electrons. The maximum Gasteiger partial charge on any atom is 0.0912 e. The summed E-state index contributed by atoms with van der Waals surface area (Å²) in [6, 6.07) is 2.14. The highest BCUT2D eigenvalue weighted by Gasteiger charge is 2.12. The fourth-order valence-corrected chi connectivity index (χ4v) is 2.55. The van der Waals surface area contributed by atoms with E-state index in [1.54, 1.807) is 11.3 Å². The van der Waals surface area contributed by atoms with E-state index in [0.29, 0.717) is 6.10 Å². The molecule has 1 aliphatic heterocycles. The van der Waals surface area contributed by atoms with Gasteiger partial charge < -0.3 is 15.4 Å². The maximum absolute atomic E-state index is 5.63. The summed E-state index contributed by atoms with van der Waals surface area (Å²) in [4.78, 5) is 0. The zero-order valence-corrected chi connectivity index (χ0v) is 9.90. The van der Waals surface area contributed by atoms with Gasteiger partial charge in [0.05, 0.1) is 17.7 Å². The van der Waals surface area contributed by atoms with E-state index in [4.69, 9.17) is 4.74 Å². The van der Waals surface area contributed by atoms with Crippen LogP contribution in [0.3, 0.4) is 0 Å². The van der Waals surface area contributed by atoms with E-state index in [-0.39, 0.29) is 0 Å². The molecule has 84 valence electrons. The summed E-state index contributed by atoms with van der Waals surface area (Å²) in [6.07, 6.45) is 1.45. The van der Waals surface area contributed by atoms with Crippen LogP contribution >= 0.6 is 11.3 Å². The molecule has 2 N–H and O–H groups in total. The van der Waals surface area contributed by atoms with Gasteiger partial charge in [-0.3, -0.25) is 0 Å². The molecule has 1 atom stereocenters. The van der Waals surface area contributed by atoms with Gasteiger partial charge in [-0.15, -0.1) is 11.3 Å². The van der Waals surface area contributed by atoms with Crippen LogP contribution in [-0.4, -0.2) is 32.3 Å². The Morgan fingerprint density at radius 1 is 1.67 bits per heavy atom. The van der Waals surface area contributed by atoms with E-state index in [2.05, 4.69) is 29.0 Å². The second-order valence-corrected chi connectivity index (χ2v) is 4.76. The molecule has 0 aliphatic carbocycles. The van der Waals surface area contributed by atoms with Crippen molar-refractivity contribution in [3.63, 3.8) is 0 Å². The summed E-state index contributed by atoms with van der Waals surface area (Å²) in [5.41, 5.74) is 1.34. The molecule has 4 heteroatoms. The average molecular weight is 226 g/mol. The van der Waals surface area contributed by atoms with Crippen molar-refractivity contribution in [2.24, 2.45) is 0 Å². The van der Waals surface area contributed by atoms with Crippen molar-refractivity contribution in [1.29, 1.82) is 0 Å². The normalized spacial score (nSPS) is 21.5. The van der Waals surface area contributed by atoms with Gasteiger partial charge in [0.15, 0.2) is 0 Å². The van der Waals surface area contributed by atoms with Crippen LogP contribution in [-0.2, 0) is 4.74 Å². The van der Waals surface area contributed by atoms with Gasteiger partial charge in [-0.1, -0.05) is 0 Å². The Morgan fingerprint density at radius 3 is 3.27 bits per heavy atom. The van der Waals surface area contributed by atoms with Crippen LogP contribution in [0.2, 0.25) is 0 Å². The molecule has 1 fully saturated rings. The molecule has 2 heterocycles. The van der Waals surface area contributed by atoms with Crippen molar-refractivity contribution in [2.45, 2.75) is 19.4 Å². The number of hydrogen-bond acceptors (Lipinski definition) is 4. The summed E-state index contributed by atoms with van der Waals surface area (Å²) >= 11 is 1.77. The first-order valence-corrected chi connectivity index (χ1v) is 6.34. The van der Waals surface area contributed by atoms with Gasteiger partial charge in [0.1, 0.15) is 0 Å². The number of rotatable bonds is 4. The van der Waals surface area contributed by atoms with E-state index < -0.39 is 0 Å². The van der Waals surface area contributed by atoms with Crippen molar-refractivity contribution in [1.82, 2.24) is 5.32 Å². The average Bonchev–Trinajstić information content (AvgIpc) is 2.66. The SMILES string of the molecule is Cc1ccsc1NCCC1CNCCO1. The van der Waals surface area contributed by atoms with Gasteiger partial charge in [0.25, 0.3) is 0 Å². The molecule has 1 saturated heterocycles. The summed E-state index contributed by atoms with van der Waals surface area (Å²) in [5, 5.41) is 10.2. The molecule has 0 saturated carbocycles. The minimum atomic E-state index is 0.381. The molecular formula is C11H18N2OS. The Bertz CT molecular complexity index is 295. The third-order valence-corrected chi connectivity index (χ3v) is 3.59. The molecule has 0 amide bonds. The fourth-order valence-electron chi connectivity index (χ4n) is 1.71. The first kappa shape index (κ1) is 10.9. The third kappa shape index (κ3) is 3.19. The Labute approximate surface area is 94.8 Å². The molecule has 1 aromatic rings. The zero-order valence-electron chi connectivity index (χ0n) is 9.08. The van der Waals surface area contributed by atoms with Gasteiger partial charge in [-0.2, -0.15) is 0 Å². The zero-order chi connectivity index (χ0) is 10.5. The van der Waals surface area contributed by atoms with Gasteiger partial charge >= 0.3 is 0 Å². The lowest BCUT2D eigenvalue weighted by molar-refractivity contribution is 0.0258. The number of anilines is 1. The van der Waals surface area contributed by atoms with Crippen LogP contribution in [0.25, 0.3) is 0 Å². The van der Waals surface area contributed by atoms with Crippen molar-refractivity contribution in [3.8, 4) is 0 Å². The Morgan fingerprint density at radius 2 is 2.60 bits per heavy atom. The maximum atomic E-state index is 5.63. The van der Waals surface area contributed by atoms with E-state index in [1.165, 1.54) is 10.6 Å². The Balaban J connectivity index is 1.68. The molecule has 1 unspecified atom stereocenters. The minimum absolute atomic E-state index is 0.381. The van der Waals surface area contributed by atoms with E-state index >= 15 is 0 Å². The molecule has 15 heavy (non-hydrogen) atoms. The van der Waals surface area contributed by atoms with Crippen molar-refractivity contribution < 1.29 is 4.74 Å². The number of morpholine rings is 1. The minimum Gasteiger partial charge on any atom is -0.377 e. The van der Waals surface area contributed by atoms with Crippen molar-refractivity contribution >= 4 is 16.3 Å². The summed E-state index contributed by atoms with van der Waals surface area (Å²) < 4.78 is 5.63. The van der Waals surface area contributed by atoms with Crippen LogP contribution in [0.15, 0.2) is 11.4 Å². The van der Waals surface area contributed by atoms with Crippen molar-refractivity contribution in [3.05, 3.63) is 17.0 Å². The van der Waals surface area contributed by atoms with Crippen LogP contribution in [0.4, 0.5) is 5.00 Å². The van der Waals surface area contributed by atoms with Crippen LogP contribution in [0, 0.1) is 6.92 Å². The Hall–Kier alpha value is -0.580. The van der Waals surface area contributed by atoms with E-state index in [1.807, 2.05) is 0 Å². The number of thiophene rings is 1. The van der Waals surface area contributed by atoms with Crippen LogP contribution in [0.1, 0.15) is 12.0 Å². The molecule has 2 rings (SSSR count). The topological polar surface area (TPSA) is 33.3 Å². The van der Waals surface area contributed by atoms with Crippen LogP contribution in [0.5, 0.6) is 0 Å². The quantitative estimate of drug-likeness (QED) is 0.822. The molecule has 1 aliphatic rings. The predicted molar refractivity (Wildman–Crippen MR) is 64.8 cm³/mol. The number of aryl methyl sites for hydroxylation is 1.